The van der Waals surface area contributed by atoms with Gasteiger partial charge < -0.3 is 4.90 Å². The number of hydrogen-bond donors (Lipinski definition) is 0. The van der Waals surface area contributed by atoms with E-state index in [0.29, 0.717) is 5.56 Å². The van der Waals surface area contributed by atoms with Gasteiger partial charge in [-0.2, -0.15) is 10.5 Å². The second-order valence-corrected chi connectivity index (χ2v) is 9.94. The van der Waals surface area contributed by atoms with Crippen molar-refractivity contribution in [2.75, 3.05) is 0 Å². The second kappa shape index (κ2) is 9.19. The lowest BCUT2D eigenvalue weighted by Gasteiger charge is -2.35. The summed E-state index contributed by atoms with van der Waals surface area (Å²) < 4.78 is 14.0. The zero-order chi connectivity index (χ0) is 25.5. The van der Waals surface area contributed by atoms with E-state index in [0.717, 1.165) is 35.1 Å². The SMILES string of the molecule is N#CC(C#N)=C(C1CC1)[C@H]1[C@@H](c2ccc(F)cc2)[C@H](C(=O)c2ccccc2)N2C=Cc3ccccc3[C@H]12. The molecule has 180 valence electrons. The molecule has 2 heterocycles. The van der Waals surface area contributed by atoms with E-state index in [9.17, 15) is 19.7 Å². The van der Waals surface area contributed by atoms with Crippen LogP contribution in [0.25, 0.3) is 6.08 Å². The molecule has 0 aromatic heterocycles. The summed E-state index contributed by atoms with van der Waals surface area (Å²) in [5.41, 5.74) is 4.53. The average molecular weight is 486 g/mol. The summed E-state index contributed by atoms with van der Waals surface area (Å²) in [5.74, 6) is -0.915. The first-order valence-electron chi connectivity index (χ1n) is 12.6. The lowest BCUT2D eigenvalue weighted by molar-refractivity contribution is 0.0874. The van der Waals surface area contributed by atoms with Crippen molar-refractivity contribution in [3.63, 3.8) is 0 Å². The van der Waals surface area contributed by atoms with Crippen molar-refractivity contribution in [3.05, 3.63) is 124 Å². The molecule has 1 aliphatic carbocycles. The van der Waals surface area contributed by atoms with Crippen LogP contribution in [0.4, 0.5) is 4.39 Å². The third-order valence-corrected chi connectivity index (χ3v) is 7.92. The first-order chi connectivity index (χ1) is 18.1. The fourth-order valence-corrected chi connectivity index (χ4v) is 6.28. The predicted octanol–water partition coefficient (Wildman–Crippen LogP) is 6.57. The summed E-state index contributed by atoms with van der Waals surface area (Å²) in [6.07, 6.45) is 5.84. The maximum atomic E-state index is 14.2. The van der Waals surface area contributed by atoms with Crippen LogP contribution in [-0.2, 0) is 0 Å². The lowest BCUT2D eigenvalue weighted by atomic mass is 9.72. The molecule has 4 atom stereocenters. The second-order valence-electron chi connectivity index (χ2n) is 9.94. The van der Waals surface area contributed by atoms with Gasteiger partial charge >= 0.3 is 0 Å². The monoisotopic (exact) mass is 485 g/mol. The maximum Gasteiger partial charge on any atom is 0.185 e. The minimum absolute atomic E-state index is 0.0305. The molecule has 2 fully saturated rings. The normalized spacial score (nSPS) is 23.4. The Hall–Kier alpha value is -4.48. The van der Waals surface area contributed by atoms with Gasteiger partial charge in [-0.1, -0.05) is 66.7 Å². The Kier molecular flexibility index (Phi) is 5.70. The number of carbonyl (C=O) groups excluding carboxylic acids is 1. The molecule has 1 saturated carbocycles. The van der Waals surface area contributed by atoms with Gasteiger partial charge in [0.25, 0.3) is 0 Å². The molecule has 2 aliphatic heterocycles. The minimum atomic E-state index is -0.583. The van der Waals surface area contributed by atoms with Crippen LogP contribution in [0.5, 0.6) is 0 Å². The smallest absolute Gasteiger partial charge is 0.185 e. The molecular formula is C32H24FN3O. The quantitative estimate of drug-likeness (QED) is 0.303. The maximum absolute atomic E-state index is 14.2. The molecule has 3 aromatic rings. The van der Waals surface area contributed by atoms with Crippen LogP contribution >= 0.6 is 0 Å². The van der Waals surface area contributed by atoms with E-state index in [1.807, 2.05) is 54.7 Å². The average Bonchev–Trinajstić information content (AvgIpc) is 3.72. The number of Topliss-reactive ketones (excluding diaryl/α,β-unsaturated/α-hetero) is 1. The molecule has 0 spiro atoms. The van der Waals surface area contributed by atoms with Crippen LogP contribution in [0, 0.1) is 40.3 Å². The summed E-state index contributed by atoms with van der Waals surface area (Å²) in [5, 5.41) is 20.0. The van der Waals surface area contributed by atoms with E-state index in [-0.39, 0.29) is 41.0 Å². The largest absolute Gasteiger partial charge is 0.359 e. The minimum Gasteiger partial charge on any atom is -0.359 e. The number of hydrogen-bond acceptors (Lipinski definition) is 4. The van der Waals surface area contributed by atoms with Gasteiger partial charge in [0.05, 0.1) is 12.1 Å². The Morgan fingerprint density at radius 3 is 2.24 bits per heavy atom. The number of allylic oxidation sites excluding steroid dienone is 1. The van der Waals surface area contributed by atoms with Crippen LogP contribution < -0.4 is 0 Å². The number of fused-ring (bicyclic) bond motifs is 3. The van der Waals surface area contributed by atoms with Gasteiger partial charge in [0.2, 0.25) is 0 Å². The van der Waals surface area contributed by atoms with Crippen molar-refractivity contribution in [3.8, 4) is 12.1 Å². The number of halogens is 1. The molecule has 0 bridgehead atoms. The Morgan fingerprint density at radius 2 is 1.57 bits per heavy atom. The van der Waals surface area contributed by atoms with E-state index in [4.69, 9.17) is 0 Å². The highest BCUT2D eigenvalue weighted by Crippen LogP contribution is 2.59. The molecule has 0 amide bonds. The van der Waals surface area contributed by atoms with E-state index in [1.165, 1.54) is 12.1 Å². The van der Waals surface area contributed by atoms with Crippen LogP contribution in [0.1, 0.15) is 51.8 Å². The zero-order valence-electron chi connectivity index (χ0n) is 20.1. The highest BCUT2D eigenvalue weighted by molar-refractivity contribution is 6.01. The van der Waals surface area contributed by atoms with E-state index in [2.05, 4.69) is 29.2 Å². The molecule has 3 aliphatic rings. The van der Waals surface area contributed by atoms with Gasteiger partial charge in [0, 0.05) is 23.6 Å². The van der Waals surface area contributed by atoms with Crippen molar-refractivity contribution >= 4 is 11.9 Å². The van der Waals surface area contributed by atoms with Crippen molar-refractivity contribution in [1.82, 2.24) is 4.90 Å². The van der Waals surface area contributed by atoms with Crippen molar-refractivity contribution in [2.45, 2.75) is 30.8 Å². The van der Waals surface area contributed by atoms with Crippen LogP contribution in [0.2, 0.25) is 0 Å². The van der Waals surface area contributed by atoms with Crippen molar-refractivity contribution < 1.29 is 9.18 Å². The van der Waals surface area contributed by atoms with Crippen molar-refractivity contribution in [1.29, 1.82) is 10.5 Å². The molecular weight excluding hydrogens is 461 g/mol. The van der Waals surface area contributed by atoms with Crippen molar-refractivity contribution in [2.24, 2.45) is 11.8 Å². The predicted molar refractivity (Wildman–Crippen MR) is 138 cm³/mol. The molecule has 0 radical (unpaired) electrons. The number of carbonyl (C=O) groups is 1. The number of benzene rings is 3. The first-order valence-corrected chi connectivity index (χ1v) is 12.6. The highest BCUT2D eigenvalue weighted by Gasteiger charge is 2.56. The molecule has 5 heteroatoms. The van der Waals surface area contributed by atoms with Gasteiger partial charge in [0.1, 0.15) is 23.5 Å². The molecule has 1 saturated heterocycles. The number of nitrogens with zero attached hydrogens (tertiary/aromatic N) is 3. The van der Waals surface area contributed by atoms with Gasteiger partial charge in [-0.3, -0.25) is 4.79 Å². The standard InChI is InChI=1S/C32H24FN3O/c33-25-14-12-22(13-15-25)28-29(27(21-10-11-21)24(18-34)19-35)30-26-9-5-4-6-20(26)16-17-36(30)31(28)32(37)23-7-2-1-3-8-23/h1-9,12-17,21,28-31H,10-11H2/t28-,29+,30-,31-/m1/s1. The molecule has 6 rings (SSSR count). The summed E-state index contributed by atoms with van der Waals surface area (Å²) in [4.78, 5) is 16.3. The third kappa shape index (κ3) is 3.85. The number of nitriles is 2. The van der Waals surface area contributed by atoms with Crippen LogP contribution in [0.15, 0.2) is 96.2 Å². The van der Waals surface area contributed by atoms with Gasteiger partial charge in [-0.15, -0.1) is 0 Å². The first kappa shape index (κ1) is 23.0. The summed E-state index contributed by atoms with van der Waals surface area (Å²) in [6.45, 7) is 0. The van der Waals surface area contributed by atoms with E-state index in [1.54, 1.807) is 12.1 Å². The molecule has 37 heavy (non-hydrogen) atoms. The summed E-state index contributed by atoms with van der Waals surface area (Å²) >= 11 is 0. The molecule has 4 nitrogen and oxygen atoms in total. The fourth-order valence-electron chi connectivity index (χ4n) is 6.28. The number of rotatable bonds is 5. The van der Waals surface area contributed by atoms with E-state index >= 15 is 0 Å². The highest BCUT2D eigenvalue weighted by atomic mass is 19.1. The topological polar surface area (TPSA) is 67.9 Å². The lowest BCUT2D eigenvalue weighted by Crippen LogP contribution is -2.37. The van der Waals surface area contributed by atoms with Gasteiger partial charge in [-0.25, -0.2) is 4.39 Å². The Morgan fingerprint density at radius 1 is 0.892 bits per heavy atom. The van der Waals surface area contributed by atoms with Gasteiger partial charge in [0.15, 0.2) is 5.78 Å². The summed E-state index contributed by atoms with van der Waals surface area (Å²) in [6, 6.07) is 27.2. The Bertz CT molecular complexity index is 1490. The zero-order valence-corrected chi connectivity index (χ0v) is 20.1. The van der Waals surface area contributed by atoms with Crippen LogP contribution in [0.3, 0.4) is 0 Å². The van der Waals surface area contributed by atoms with Gasteiger partial charge in [-0.05, 0) is 59.2 Å². The van der Waals surface area contributed by atoms with E-state index < -0.39 is 6.04 Å². The molecule has 0 N–H and O–H groups in total. The van der Waals surface area contributed by atoms with Crippen LogP contribution in [-0.4, -0.2) is 16.7 Å². The summed E-state index contributed by atoms with van der Waals surface area (Å²) in [7, 11) is 0. The Balaban J connectivity index is 1.63. The third-order valence-electron chi connectivity index (χ3n) is 7.92. The fraction of sp³-hybridized carbons (Fsp3) is 0.219. The molecule has 3 aromatic carbocycles. The Labute approximate surface area is 215 Å². The number of ketones is 1. The molecule has 0 unspecified atom stereocenters.